The molecule has 0 unspecified atom stereocenters. The number of carbonyl (C=O) groups excluding carboxylic acids is 4. The molecule has 0 aliphatic carbocycles. The van der Waals surface area contributed by atoms with Crippen LogP contribution in [0.3, 0.4) is 0 Å². The van der Waals surface area contributed by atoms with Crippen LogP contribution in [-0.4, -0.2) is 23.6 Å². The second kappa shape index (κ2) is 8.75. The molecule has 0 spiro atoms. The van der Waals surface area contributed by atoms with Crippen molar-refractivity contribution in [3.8, 4) is 0 Å². The van der Waals surface area contributed by atoms with E-state index < -0.39 is 0 Å². The van der Waals surface area contributed by atoms with Gasteiger partial charge in [-0.15, -0.1) is 0 Å². The number of halogens is 2. The van der Waals surface area contributed by atoms with Crippen molar-refractivity contribution < 1.29 is 62.9 Å². The van der Waals surface area contributed by atoms with Gasteiger partial charge in [-0.25, -0.2) is 29.0 Å². The predicted octanol–water partition coefficient (Wildman–Crippen LogP) is -7.84. The van der Waals surface area contributed by atoms with Gasteiger partial charge in [0.1, 0.15) is 13.1 Å². The largest absolute Gasteiger partial charge is 1.00 e. The van der Waals surface area contributed by atoms with E-state index in [0.29, 0.717) is 48.6 Å². The highest BCUT2D eigenvalue weighted by Gasteiger charge is 2.36. The summed E-state index contributed by atoms with van der Waals surface area (Å²) in [6, 6.07) is 7.42. The summed E-state index contributed by atoms with van der Waals surface area (Å²) in [5, 5.41) is 0. The van der Waals surface area contributed by atoms with Gasteiger partial charge in [-0.1, -0.05) is 18.2 Å². The number of amides is 4. The van der Waals surface area contributed by atoms with E-state index in [1.54, 1.807) is 0 Å². The lowest BCUT2D eigenvalue weighted by molar-refractivity contribution is -0.747. The fourth-order valence-electron chi connectivity index (χ4n) is 3.02. The smallest absolute Gasteiger partial charge is 0.320 e. The maximum Gasteiger partial charge on any atom is 0.320 e. The number of likely N-dealkylation sites (tertiary alicyclic amines) is 2. The number of hydrogen-bond acceptors (Lipinski definition) is 4. The van der Waals surface area contributed by atoms with Crippen LogP contribution in [0, 0.1) is 0 Å². The number of quaternary nitrogens is 2. The summed E-state index contributed by atoms with van der Waals surface area (Å²) in [4.78, 5) is 47.5. The van der Waals surface area contributed by atoms with Crippen LogP contribution < -0.4 is 43.8 Å². The Hall–Kier alpha value is -1.22. The van der Waals surface area contributed by atoms with Crippen LogP contribution in [-0.2, 0) is 32.3 Å². The molecular weight excluding hydrogens is 444 g/mol. The average molecular weight is 462 g/mol. The number of benzene rings is 1. The Morgan fingerprint density at radius 2 is 1.00 bits per heavy atom. The third kappa shape index (κ3) is 4.44. The van der Waals surface area contributed by atoms with E-state index >= 15 is 0 Å². The summed E-state index contributed by atoms with van der Waals surface area (Å²) in [7, 11) is 0. The topological polar surface area (TPSA) is 77.2 Å². The molecule has 2 heterocycles. The van der Waals surface area contributed by atoms with Crippen LogP contribution in [0.1, 0.15) is 36.8 Å². The molecule has 2 fully saturated rings. The van der Waals surface area contributed by atoms with Gasteiger partial charge in [-0.05, 0) is 6.07 Å². The monoisotopic (exact) mass is 460 g/mol. The Morgan fingerprint density at radius 3 is 1.33 bits per heavy atom. The number of hydrogen-bond donors (Lipinski definition) is 2. The van der Waals surface area contributed by atoms with Crippen LogP contribution >= 0.6 is 0 Å². The van der Waals surface area contributed by atoms with Crippen LogP contribution in [0.25, 0.3) is 0 Å². The molecule has 2 aliphatic rings. The van der Waals surface area contributed by atoms with Crippen LogP contribution in [0.15, 0.2) is 24.3 Å². The summed E-state index contributed by atoms with van der Waals surface area (Å²) in [6.45, 7) is 0.672. The Morgan fingerprint density at radius 1 is 0.667 bits per heavy atom. The fourth-order valence-corrected chi connectivity index (χ4v) is 3.02. The summed E-state index contributed by atoms with van der Waals surface area (Å²) >= 11 is 0. The second-order valence-electron chi connectivity index (χ2n) is 5.82. The first kappa shape index (κ1) is 20.8. The molecule has 0 aromatic heterocycles. The number of nitrogens with one attached hydrogen (secondary N) is 2. The third-order valence-electron chi connectivity index (χ3n) is 4.26. The average Bonchev–Trinajstić information content (AvgIpc) is 2.98. The molecule has 0 atom stereocenters. The zero-order chi connectivity index (χ0) is 15.7. The molecule has 1 aromatic rings. The quantitative estimate of drug-likeness (QED) is 0.437. The molecular formula is C16H18Br2N2O4. The van der Waals surface area contributed by atoms with E-state index in [9.17, 15) is 19.2 Å². The number of carbonyl (C=O) groups is 4. The van der Waals surface area contributed by atoms with Gasteiger partial charge in [-0.2, -0.15) is 0 Å². The lowest BCUT2D eigenvalue weighted by Crippen LogP contribution is -3.13. The Bertz CT molecular complexity index is 593. The van der Waals surface area contributed by atoms with Crippen molar-refractivity contribution in [2.24, 2.45) is 0 Å². The molecule has 1 aromatic carbocycles. The zero-order valence-corrected chi connectivity index (χ0v) is 16.1. The van der Waals surface area contributed by atoms with Gasteiger partial charge in [0.25, 0.3) is 0 Å². The summed E-state index contributed by atoms with van der Waals surface area (Å²) in [6.07, 6.45) is 1.26. The van der Waals surface area contributed by atoms with Crippen LogP contribution in [0.2, 0.25) is 0 Å². The van der Waals surface area contributed by atoms with Gasteiger partial charge in [0.2, 0.25) is 0 Å². The lowest BCUT2D eigenvalue weighted by Gasteiger charge is -2.11. The maximum atomic E-state index is 11.7. The highest BCUT2D eigenvalue weighted by Crippen LogP contribution is 2.06. The molecule has 0 saturated carbocycles. The molecule has 0 bridgehead atoms. The Balaban J connectivity index is 0.00000144. The third-order valence-corrected chi connectivity index (χ3v) is 4.26. The Kier molecular flexibility index (Phi) is 7.59. The molecule has 2 saturated heterocycles. The lowest BCUT2D eigenvalue weighted by atomic mass is 10.1. The van der Waals surface area contributed by atoms with Gasteiger partial charge >= 0.3 is 23.6 Å². The first-order valence-electron chi connectivity index (χ1n) is 7.47. The van der Waals surface area contributed by atoms with E-state index in [2.05, 4.69) is 0 Å². The maximum absolute atomic E-state index is 11.7. The standard InChI is InChI=1S/C16H16N2O4.2BrH/c19-13-4-5-14(20)17(13)9-11-2-1-3-12(8-11)10-18-15(21)6-7-16(18)22;;/h1-3,8H,4-7,9-10H2;2*1H. The molecule has 130 valence electrons. The molecule has 4 amide bonds. The van der Waals surface area contributed by atoms with Crippen molar-refractivity contribution in [2.45, 2.75) is 38.8 Å². The molecule has 3 rings (SSSR count). The highest BCUT2D eigenvalue weighted by molar-refractivity contribution is 5.88. The fraction of sp³-hybridized carbons (Fsp3) is 0.375. The van der Waals surface area contributed by atoms with Crippen molar-refractivity contribution in [3.05, 3.63) is 35.4 Å². The molecule has 2 aliphatic heterocycles. The SMILES string of the molecule is O=C1CCC(=O)[NH+]1Cc1cccc(C[NH+]2C(=O)CCC2=O)c1.[Br-].[Br-]. The molecule has 0 radical (unpaired) electrons. The van der Waals surface area contributed by atoms with Crippen molar-refractivity contribution >= 4 is 23.6 Å². The van der Waals surface area contributed by atoms with Gasteiger partial charge in [0, 0.05) is 11.1 Å². The van der Waals surface area contributed by atoms with Crippen LogP contribution in [0.4, 0.5) is 0 Å². The minimum absolute atomic E-state index is 0. The van der Waals surface area contributed by atoms with Crippen LogP contribution in [0.5, 0.6) is 0 Å². The van der Waals surface area contributed by atoms with Gasteiger partial charge < -0.3 is 34.0 Å². The van der Waals surface area contributed by atoms with Crippen molar-refractivity contribution in [3.63, 3.8) is 0 Å². The van der Waals surface area contributed by atoms with E-state index in [1.807, 2.05) is 24.3 Å². The Labute approximate surface area is 160 Å². The predicted molar refractivity (Wildman–Crippen MR) is 74.3 cm³/mol. The van der Waals surface area contributed by atoms with E-state index in [-0.39, 0.29) is 57.6 Å². The van der Waals surface area contributed by atoms with Gasteiger partial charge in [-0.3, -0.25) is 0 Å². The van der Waals surface area contributed by atoms with Crippen molar-refractivity contribution in [1.29, 1.82) is 0 Å². The summed E-state index contributed by atoms with van der Waals surface area (Å²) < 4.78 is 0. The van der Waals surface area contributed by atoms with E-state index in [4.69, 9.17) is 0 Å². The normalized spacial score (nSPS) is 18.7. The minimum Gasteiger partial charge on any atom is -1.00 e. The molecule has 24 heavy (non-hydrogen) atoms. The van der Waals surface area contributed by atoms with Gasteiger partial charge in [0.15, 0.2) is 0 Å². The van der Waals surface area contributed by atoms with Crippen molar-refractivity contribution in [2.75, 3.05) is 0 Å². The highest BCUT2D eigenvalue weighted by atomic mass is 79.9. The van der Waals surface area contributed by atoms with E-state index in [1.165, 1.54) is 0 Å². The number of imide groups is 2. The number of rotatable bonds is 4. The van der Waals surface area contributed by atoms with Gasteiger partial charge in [0.05, 0.1) is 25.7 Å². The summed E-state index contributed by atoms with van der Waals surface area (Å²) in [5.74, 6) is -0.256. The molecule has 2 N–H and O–H groups in total. The minimum atomic E-state index is -0.0640. The van der Waals surface area contributed by atoms with Crippen molar-refractivity contribution in [1.82, 2.24) is 0 Å². The van der Waals surface area contributed by atoms with E-state index in [0.717, 1.165) is 11.1 Å². The first-order chi connectivity index (χ1) is 10.5. The summed E-state index contributed by atoms with van der Waals surface area (Å²) in [5.41, 5.74) is 1.74. The second-order valence-corrected chi connectivity index (χ2v) is 5.82. The zero-order valence-electron chi connectivity index (χ0n) is 12.9. The first-order valence-corrected chi connectivity index (χ1v) is 7.47. The molecule has 6 nitrogen and oxygen atoms in total. The molecule has 8 heteroatoms.